The summed E-state index contributed by atoms with van der Waals surface area (Å²) in [5.74, 6) is -0.841. The fraction of sp³-hybridized carbons (Fsp3) is 0.818. The van der Waals surface area contributed by atoms with Crippen molar-refractivity contribution in [2.45, 2.75) is 44.6 Å². The van der Waals surface area contributed by atoms with Gasteiger partial charge in [0.15, 0.2) is 6.29 Å². The van der Waals surface area contributed by atoms with Crippen molar-refractivity contribution in [3.8, 4) is 0 Å². The van der Waals surface area contributed by atoms with Crippen LogP contribution in [0.1, 0.15) is 20.3 Å². The molecule has 0 aromatic heterocycles. The number of aliphatic hydroxyl groups is 4. The average Bonchev–Trinajstić information content (AvgIpc) is 2.43. The van der Waals surface area contributed by atoms with E-state index in [9.17, 15) is 9.59 Å². The van der Waals surface area contributed by atoms with Crippen LogP contribution in [0.5, 0.6) is 0 Å². The number of hydrogen-bond donors (Lipinski definition) is 6. The quantitative estimate of drug-likeness (QED) is 0.284. The van der Waals surface area contributed by atoms with Crippen molar-refractivity contribution in [3.63, 3.8) is 0 Å². The van der Waals surface area contributed by atoms with Gasteiger partial charge in [0.25, 0.3) is 0 Å². The number of carbonyl (C=O) groups excluding carboxylic acids is 1. The first-order chi connectivity index (χ1) is 8.72. The van der Waals surface area contributed by atoms with Gasteiger partial charge >= 0.3 is 5.97 Å². The number of carboxylic acid groups (broad SMARTS) is 1. The van der Waals surface area contributed by atoms with Crippen LogP contribution in [0.2, 0.25) is 0 Å². The van der Waals surface area contributed by atoms with Gasteiger partial charge in [-0.05, 0) is 5.92 Å². The molecule has 0 aliphatic heterocycles. The Hall–Kier alpha value is -1.06. The highest BCUT2D eigenvalue weighted by atomic mass is 16.4. The van der Waals surface area contributed by atoms with Crippen LogP contribution in [0.15, 0.2) is 0 Å². The molecule has 0 bridgehead atoms. The van der Waals surface area contributed by atoms with E-state index < -0.39 is 36.9 Å². The molecule has 0 aromatic rings. The molecule has 0 saturated carbocycles. The SMILES string of the molecule is CC[C@H](C)[C@H](N)C(=O)O.O=C[C@H](O)[C@H](O)[C@H](O)CO. The Morgan fingerprint density at radius 3 is 2.00 bits per heavy atom. The minimum absolute atomic E-state index is 0.0718. The number of aldehydes is 1. The van der Waals surface area contributed by atoms with E-state index >= 15 is 0 Å². The molecule has 8 heteroatoms. The van der Waals surface area contributed by atoms with Crippen molar-refractivity contribution < 1.29 is 35.1 Å². The molecule has 0 rings (SSSR count). The highest BCUT2D eigenvalue weighted by Gasteiger charge is 2.22. The molecule has 0 aromatic carbocycles. The lowest BCUT2D eigenvalue weighted by Crippen LogP contribution is -2.40. The summed E-state index contributed by atoms with van der Waals surface area (Å²) in [7, 11) is 0. The second kappa shape index (κ2) is 10.8. The minimum Gasteiger partial charge on any atom is -0.480 e. The van der Waals surface area contributed by atoms with Crippen molar-refractivity contribution in [2.24, 2.45) is 11.7 Å². The number of nitrogens with two attached hydrogens (primary N) is 1. The van der Waals surface area contributed by atoms with E-state index in [1.54, 1.807) is 0 Å². The van der Waals surface area contributed by atoms with E-state index in [0.29, 0.717) is 0 Å². The van der Waals surface area contributed by atoms with Gasteiger partial charge in [-0.25, -0.2) is 0 Å². The summed E-state index contributed by atoms with van der Waals surface area (Å²) in [5.41, 5.74) is 5.27. The van der Waals surface area contributed by atoms with E-state index in [0.717, 1.165) is 6.42 Å². The van der Waals surface area contributed by atoms with Crippen LogP contribution in [0.25, 0.3) is 0 Å². The Balaban J connectivity index is 0. The summed E-state index contributed by atoms with van der Waals surface area (Å²) >= 11 is 0. The Kier molecular flexibility index (Phi) is 11.5. The molecule has 8 nitrogen and oxygen atoms in total. The lowest BCUT2D eigenvalue weighted by Gasteiger charge is -2.16. The summed E-state index contributed by atoms with van der Waals surface area (Å²) in [6.07, 6.45) is -3.82. The van der Waals surface area contributed by atoms with Crippen LogP contribution >= 0.6 is 0 Å². The summed E-state index contributed by atoms with van der Waals surface area (Å²) < 4.78 is 0. The summed E-state index contributed by atoms with van der Waals surface area (Å²) in [4.78, 5) is 19.9. The van der Waals surface area contributed by atoms with Gasteiger partial charge in [-0.15, -0.1) is 0 Å². The maximum absolute atomic E-state index is 10.2. The number of aliphatic carboxylic acids is 1. The van der Waals surface area contributed by atoms with Crippen molar-refractivity contribution in [3.05, 3.63) is 0 Å². The summed E-state index contributed by atoms with van der Waals surface area (Å²) in [5, 5.41) is 42.4. The van der Waals surface area contributed by atoms with Gasteiger partial charge in [-0.3, -0.25) is 4.79 Å². The molecule has 0 amide bonds. The number of hydrogen-bond acceptors (Lipinski definition) is 7. The zero-order valence-corrected chi connectivity index (χ0v) is 11.0. The Morgan fingerprint density at radius 2 is 1.79 bits per heavy atom. The molecule has 0 saturated heterocycles. The number of carbonyl (C=O) groups is 2. The molecular formula is C11H23NO7. The predicted octanol–water partition coefficient (Wildman–Crippen LogP) is -2.30. The van der Waals surface area contributed by atoms with Gasteiger partial charge in [-0.2, -0.15) is 0 Å². The van der Waals surface area contributed by atoms with Gasteiger partial charge in [-0.1, -0.05) is 20.3 Å². The van der Waals surface area contributed by atoms with E-state index in [2.05, 4.69) is 0 Å². The molecule has 0 aliphatic rings. The third-order valence-corrected chi connectivity index (χ3v) is 2.61. The molecule has 19 heavy (non-hydrogen) atoms. The second-order valence-electron chi connectivity index (χ2n) is 4.12. The first-order valence-corrected chi connectivity index (χ1v) is 5.81. The zero-order valence-electron chi connectivity index (χ0n) is 11.0. The molecule has 0 radical (unpaired) electrons. The zero-order chi connectivity index (χ0) is 15.6. The van der Waals surface area contributed by atoms with Crippen LogP contribution in [-0.2, 0) is 9.59 Å². The first-order valence-electron chi connectivity index (χ1n) is 5.81. The Bertz CT molecular complexity index is 261. The van der Waals surface area contributed by atoms with Crippen molar-refractivity contribution >= 4 is 12.3 Å². The summed E-state index contributed by atoms with van der Waals surface area (Å²) in [6, 6.07) is -0.699. The maximum Gasteiger partial charge on any atom is 0.320 e. The fourth-order valence-corrected chi connectivity index (χ4v) is 0.913. The highest BCUT2D eigenvalue weighted by Crippen LogP contribution is 2.04. The van der Waals surface area contributed by atoms with E-state index in [4.69, 9.17) is 31.3 Å². The van der Waals surface area contributed by atoms with Gasteiger partial charge in [0.05, 0.1) is 6.61 Å². The molecule has 7 N–H and O–H groups in total. The van der Waals surface area contributed by atoms with E-state index in [1.165, 1.54) is 0 Å². The fourth-order valence-electron chi connectivity index (χ4n) is 0.913. The van der Waals surface area contributed by atoms with Crippen molar-refractivity contribution in [1.29, 1.82) is 0 Å². The first kappa shape index (κ1) is 20.3. The van der Waals surface area contributed by atoms with Crippen LogP contribution in [-0.4, -0.2) is 68.7 Å². The normalized spacial score (nSPS) is 18.3. The summed E-state index contributed by atoms with van der Waals surface area (Å²) in [6.45, 7) is 3.07. The van der Waals surface area contributed by atoms with Crippen molar-refractivity contribution in [1.82, 2.24) is 0 Å². The van der Waals surface area contributed by atoms with Crippen LogP contribution in [0.3, 0.4) is 0 Å². The smallest absolute Gasteiger partial charge is 0.320 e. The molecule has 0 heterocycles. The third-order valence-electron chi connectivity index (χ3n) is 2.61. The van der Waals surface area contributed by atoms with Gasteiger partial charge < -0.3 is 36.1 Å². The molecule has 0 fully saturated rings. The number of carboxylic acids is 1. The van der Waals surface area contributed by atoms with E-state index in [-0.39, 0.29) is 12.2 Å². The maximum atomic E-state index is 10.2. The van der Waals surface area contributed by atoms with Gasteiger partial charge in [0.1, 0.15) is 24.4 Å². The Labute approximate surface area is 111 Å². The van der Waals surface area contributed by atoms with E-state index in [1.807, 2.05) is 13.8 Å². The molecule has 0 unspecified atom stereocenters. The number of rotatable bonds is 7. The molecule has 5 atom stereocenters. The third kappa shape index (κ3) is 8.62. The van der Waals surface area contributed by atoms with Gasteiger partial charge in [0.2, 0.25) is 0 Å². The van der Waals surface area contributed by atoms with Crippen LogP contribution in [0.4, 0.5) is 0 Å². The monoisotopic (exact) mass is 281 g/mol. The lowest BCUT2D eigenvalue weighted by molar-refractivity contribution is -0.139. The average molecular weight is 281 g/mol. The lowest BCUT2D eigenvalue weighted by atomic mass is 10.0. The molecule has 0 spiro atoms. The standard InChI is InChI=1S/C6H13NO2.C5H10O5/c1-3-4(2)5(7)6(8)9;6-1-3(8)5(10)4(9)2-7/h4-5H,3,7H2,1-2H3,(H,8,9);1,3-5,7-10H,2H2/t4-,5-;3-,4+,5-/m00/s1. The van der Waals surface area contributed by atoms with Gasteiger partial charge in [0, 0.05) is 0 Å². The highest BCUT2D eigenvalue weighted by molar-refractivity contribution is 5.73. The second-order valence-corrected chi connectivity index (χ2v) is 4.12. The Morgan fingerprint density at radius 1 is 1.32 bits per heavy atom. The van der Waals surface area contributed by atoms with Crippen LogP contribution < -0.4 is 5.73 Å². The molecule has 0 aliphatic carbocycles. The molecular weight excluding hydrogens is 258 g/mol. The predicted molar refractivity (Wildman–Crippen MR) is 66.2 cm³/mol. The molecule has 114 valence electrons. The number of aliphatic hydroxyl groups excluding tert-OH is 4. The topological polar surface area (TPSA) is 161 Å². The minimum atomic E-state index is -1.64. The largest absolute Gasteiger partial charge is 0.480 e. The van der Waals surface area contributed by atoms with Crippen molar-refractivity contribution in [2.75, 3.05) is 6.61 Å². The van der Waals surface area contributed by atoms with Crippen LogP contribution in [0, 0.1) is 5.92 Å².